The van der Waals surface area contributed by atoms with Crippen LogP contribution in [0, 0.1) is 0 Å². The Morgan fingerprint density at radius 2 is 0.886 bits per heavy atom. The number of rotatable bonds is 10. The van der Waals surface area contributed by atoms with Crippen molar-refractivity contribution in [3.8, 4) is 39.5 Å². The van der Waals surface area contributed by atoms with Crippen molar-refractivity contribution in [1.29, 1.82) is 0 Å². The quantitative estimate of drug-likeness (QED) is 0.0804. The second kappa shape index (κ2) is 13.9. The van der Waals surface area contributed by atoms with E-state index >= 15 is 0 Å². The second-order valence-corrected chi connectivity index (χ2v) is 10.3. The molecule has 0 saturated carbocycles. The molecule has 0 aliphatic rings. The van der Waals surface area contributed by atoms with Gasteiger partial charge in [-0.25, -0.2) is 14.4 Å². The van der Waals surface area contributed by atoms with Crippen molar-refractivity contribution in [2.24, 2.45) is 0 Å². The topological polar surface area (TPSA) is 78.9 Å². The molecule has 4 aromatic rings. The van der Waals surface area contributed by atoms with E-state index in [-0.39, 0.29) is 5.57 Å². The molecular formula is C38H32O6. The van der Waals surface area contributed by atoms with Crippen molar-refractivity contribution < 1.29 is 28.6 Å². The molecule has 0 amide bonds. The Balaban J connectivity index is 1.54. The maximum absolute atomic E-state index is 12.5. The van der Waals surface area contributed by atoms with Crippen LogP contribution < -0.4 is 14.2 Å². The van der Waals surface area contributed by atoms with Gasteiger partial charge in [-0.1, -0.05) is 92.6 Å². The number of ether oxygens (including phenoxy) is 3. The highest BCUT2D eigenvalue weighted by Crippen LogP contribution is 2.35. The van der Waals surface area contributed by atoms with Crippen LogP contribution in [0.25, 0.3) is 34.4 Å². The van der Waals surface area contributed by atoms with Gasteiger partial charge in [0.05, 0.1) is 0 Å². The number of hydrogen-bond acceptors (Lipinski definition) is 6. The van der Waals surface area contributed by atoms with Gasteiger partial charge in [0.2, 0.25) is 0 Å². The van der Waals surface area contributed by atoms with Crippen LogP contribution in [0.3, 0.4) is 0 Å². The van der Waals surface area contributed by atoms with Gasteiger partial charge < -0.3 is 14.2 Å². The average molecular weight is 585 g/mol. The first-order valence-corrected chi connectivity index (χ1v) is 13.8. The van der Waals surface area contributed by atoms with Crippen LogP contribution in [0.4, 0.5) is 0 Å². The molecule has 0 heterocycles. The Hall–Kier alpha value is -5.75. The van der Waals surface area contributed by atoms with Gasteiger partial charge >= 0.3 is 17.9 Å². The monoisotopic (exact) mass is 584 g/mol. The molecule has 6 nitrogen and oxygen atoms in total. The summed E-state index contributed by atoms with van der Waals surface area (Å²) in [6.07, 6.45) is 3.93. The molecule has 0 radical (unpaired) electrons. The zero-order chi connectivity index (χ0) is 31.8. The molecule has 0 unspecified atom stereocenters. The number of carbonyl (C=O) groups excluding carboxylic acids is 3. The average Bonchev–Trinajstić information content (AvgIpc) is 3.01. The van der Waals surface area contributed by atoms with Crippen molar-refractivity contribution >= 4 is 30.1 Å². The summed E-state index contributed by atoms with van der Waals surface area (Å²) in [5, 5.41) is 0. The fraction of sp³-hybridized carbons (Fsp3) is 0.0789. The molecule has 4 aromatic carbocycles. The maximum atomic E-state index is 12.5. The summed E-state index contributed by atoms with van der Waals surface area (Å²) in [7, 11) is 0. The summed E-state index contributed by atoms with van der Waals surface area (Å²) >= 11 is 0. The van der Waals surface area contributed by atoms with Crippen molar-refractivity contribution in [1.82, 2.24) is 0 Å². The van der Waals surface area contributed by atoms with Crippen LogP contribution in [-0.4, -0.2) is 17.9 Å². The smallest absolute Gasteiger partial charge is 0.338 e. The molecule has 0 aromatic heterocycles. The van der Waals surface area contributed by atoms with Gasteiger partial charge in [-0.05, 0) is 78.9 Å². The van der Waals surface area contributed by atoms with E-state index in [1.54, 1.807) is 51.1 Å². The molecular weight excluding hydrogens is 552 g/mol. The molecule has 0 atom stereocenters. The van der Waals surface area contributed by atoms with Crippen LogP contribution >= 0.6 is 0 Å². The van der Waals surface area contributed by atoms with E-state index in [1.165, 1.54) is 0 Å². The third-order valence-electron chi connectivity index (χ3n) is 6.41. The lowest BCUT2D eigenvalue weighted by atomic mass is 9.98. The summed E-state index contributed by atoms with van der Waals surface area (Å²) in [5.74, 6) is -0.222. The third kappa shape index (κ3) is 8.17. The van der Waals surface area contributed by atoms with Crippen LogP contribution in [0.15, 0.2) is 127 Å². The number of carbonyl (C=O) groups is 3. The van der Waals surface area contributed by atoms with E-state index in [0.29, 0.717) is 28.4 Å². The van der Waals surface area contributed by atoms with Crippen molar-refractivity contribution in [3.63, 3.8) is 0 Å². The molecule has 0 bridgehead atoms. The Morgan fingerprint density at radius 3 is 1.36 bits per heavy atom. The Kier molecular flexibility index (Phi) is 9.88. The molecule has 0 aliphatic heterocycles. The van der Waals surface area contributed by atoms with Gasteiger partial charge in [-0.3, -0.25) is 0 Å². The Morgan fingerprint density at radius 1 is 0.500 bits per heavy atom. The fourth-order valence-corrected chi connectivity index (χ4v) is 3.93. The van der Waals surface area contributed by atoms with Gasteiger partial charge in [0.15, 0.2) is 0 Å². The molecule has 0 aliphatic carbocycles. The maximum Gasteiger partial charge on any atom is 0.338 e. The number of esters is 3. The first kappa shape index (κ1) is 31.2. The third-order valence-corrected chi connectivity index (χ3v) is 6.41. The van der Waals surface area contributed by atoms with E-state index in [4.69, 9.17) is 14.2 Å². The summed E-state index contributed by atoms with van der Waals surface area (Å²) in [6.45, 7) is 15.7. The molecule has 4 rings (SSSR count). The predicted molar refractivity (Wildman–Crippen MR) is 174 cm³/mol. The summed E-state index contributed by atoms with van der Waals surface area (Å²) in [5.41, 5.74) is 6.11. The zero-order valence-electron chi connectivity index (χ0n) is 24.9. The molecule has 44 heavy (non-hydrogen) atoms. The SMILES string of the molecule is C=C(C)C(=O)Oc1ccc(/C=C/c2ccc(-c3ccc(-c4ccc(OC(=O)C(=C)C)cc4)cc3OC(=O)C(=C)C)cc2)cc1. The van der Waals surface area contributed by atoms with Crippen molar-refractivity contribution in [2.75, 3.05) is 0 Å². The summed E-state index contributed by atoms with van der Waals surface area (Å²) in [4.78, 5) is 36.0. The zero-order valence-corrected chi connectivity index (χ0v) is 24.9. The number of hydrogen-bond donors (Lipinski definition) is 0. The van der Waals surface area contributed by atoms with Crippen LogP contribution in [0.2, 0.25) is 0 Å². The summed E-state index contributed by atoms with van der Waals surface area (Å²) in [6, 6.07) is 27.7. The minimum absolute atomic E-state index is 0.285. The molecule has 0 fully saturated rings. The molecule has 6 heteroatoms. The fourth-order valence-electron chi connectivity index (χ4n) is 3.93. The van der Waals surface area contributed by atoms with Crippen molar-refractivity contribution in [2.45, 2.75) is 20.8 Å². The van der Waals surface area contributed by atoms with Gasteiger partial charge in [0.25, 0.3) is 0 Å². The lowest BCUT2D eigenvalue weighted by Gasteiger charge is -2.13. The Labute approximate surface area is 257 Å². The second-order valence-electron chi connectivity index (χ2n) is 10.3. The highest BCUT2D eigenvalue weighted by Gasteiger charge is 2.14. The van der Waals surface area contributed by atoms with E-state index in [0.717, 1.165) is 33.4 Å². The minimum atomic E-state index is -0.523. The molecule has 0 spiro atoms. The predicted octanol–water partition coefficient (Wildman–Crippen LogP) is 8.64. The van der Waals surface area contributed by atoms with Crippen LogP contribution in [0.1, 0.15) is 31.9 Å². The normalized spacial score (nSPS) is 10.6. The van der Waals surface area contributed by atoms with Gasteiger partial charge in [-0.15, -0.1) is 0 Å². The van der Waals surface area contributed by atoms with E-state index in [2.05, 4.69) is 19.7 Å². The van der Waals surface area contributed by atoms with E-state index < -0.39 is 17.9 Å². The highest BCUT2D eigenvalue weighted by atomic mass is 16.5. The largest absolute Gasteiger partial charge is 0.423 e. The molecule has 0 N–H and O–H groups in total. The minimum Gasteiger partial charge on any atom is -0.423 e. The molecule has 0 saturated heterocycles. The van der Waals surface area contributed by atoms with E-state index in [9.17, 15) is 14.4 Å². The Bertz CT molecular complexity index is 1770. The summed E-state index contributed by atoms with van der Waals surface area (Å²) < 4.78 is 16.3. The standard InChI is InChI=1S/C38H32O6/c1-24(2)36(39)42-32-18-11-28(12-19-32)8-7-27-9-13-30(14-10-27)34-22-17-31(23-35(34)44-38(41)26(5)6)29-15-20-33(21-16-29)43-37(40)25(3)4/h7-23H,1,3,5H2,2,4,6H3/b8-7+. The molecule has 220 valence electrons. The van der Waals surface area contributed by atoms with Crippen LogP contribution in [0.5, 0.6) is 17.2 Å². The van der Waals surface area contributed by atoms with E-state index in [1.807, 2.05) is 72.8 Å². The highest BCUT2D eigenvalue weighted by molar-refractivity contribution is 5.91. The van der Waals surface area contributed by atoms with Crippen molar-refractivity contribution in [3.05, 3.63) is 139 Å². The first-order valence-electron chi connectivity index (χ1n) is 13.8. The van der Waals surface area contributed by atoms with Gasteiger partial charge in [0, 0.05) is 22.3 Å². The first-order chi connectivity index (χ1) is 21.0. The lowest BCUT2D eigenvalue weighted by molar-refractivity contribution is -0.130. The van der Waals surface area contributed by atoms with Crippen LogP contribution in [-0.2, 0) is 14.4 Å². The van der Waals surface area contributed by atoms with Gasteiger partial charge in [0.1, 0.15) is 17.2 Å². The lowest BCUT2D eigenvalue weighted by Crippen LogP contribution is -2.09. The van der Waals surface area contributed by atoms with Gasteiger partial charge in [-0.2, -0.15) is 0 Å². The number of benzene rings is 4.